The summed E-state index contributed by atoms with van der Waals surface area (Å²) in [5.74, 6) is 0.694. The Balaban J connectivity index is 1.99. The van der Waals surface area contributed by atoms with E-state index < -0.39 is 0 Å². The number of hydrazone groups is 1. The molecule has 0 fully saturated rings. The summed E-state index contributed by atoms with van der Waals surface area (Å²) >= 11 is 11.2. The molecule has 1 aromatic carbocycles. The molecule has 104 valence electrons. The predicted octanol–water partition coefficient (Wildman–Crippen LogP) is 3.95. The summed E-state index contributed by atoms with van der Waals surface area (Å²) in [6.07, 6.45) is 1.60. The summed E-state index contributed by atoms with van der Waals surface area (Å²) < 4.78 is 5.23. The number of nitrogens with zero attached hydrogens (tertiary/aromatic N) is 1. The lowest BCUT2D eigenvalue weighted by atomic mass is 10.2. The lowest BCUT2D eigenvalue weighted by Gasteiger charge is -2.11. The molecule has 0 spiro atoms. The van der Waals surface area contributed by atoms with Crippen LogP contribution in [-0.4, -0.2) is 10.8 Å². The Morgan fingerprint density at radius 3 is 2.80 bits per heavy atom. The Morgan fingerprint density at radius 2 is 2.10 bits per heavy atom. The third kappa shape index (κ3) is 3.59. The number of anilines is 1. The number of thiocarbonyl (C=S) groups is 1. The molecule has 2 aromatic rings. The van der Waals surface area contributed by atoms with Gasteiger partial charge in [-0.2, -0.15) is 5.10 Å². The molecule has 0 unspecified atom stereocenters. The Morgan fingerprint density at radius 1 is 1.30 bits per heavy atom. The van der Waals surface area contributed by atoms with Crippen molar-refractivity contribution in [1.82, 2.24) is 5.43 Å². The molecule has 0 aliphatic heterocycles. The number of hydrogen-bond donors (Lipinski definition) is 2. The first-order valence-corrected chi connectivity index (χ1v) is 6.77. The minimum atomic E-state index is 0.390. The van der Waals surface area contributed by atoms with Gasteiger partial charge >= 0.3 is 0 Å². The van der Waals surface area contributed by atoms with Crippen LogP contribution in [0.4, 0.5) is 5.69 Å². The highest BCUT2D eigenvalue weighted by Crippen LogP contribution is 2.22. The zero-order chi connectivity index (χ0) is 14.5. The second kappa shape index (κ2) is 6.54. The average Bonchev–Trinajstić information content (AvgIpc) is 2.95. The van der Waals surface area contributed by atoms with Gasteiger partial charge in [-0.05, 0) is 55.9 Å². The van der Waals surface area contributed by atoms with Crippen molar-refractivity contribution in [3.63, 3.8) is 0 Å². The summed E-state index contributed by atoms with van der Waals surface area (Å²) in [4.78, 5) is 0. The largest absolute Gasteiger partial charge is 0.463 e. The maximum atomic E-state index is 6.05. The number of rotatable bonds is 3. The zero-order valence-electron chi connectivity index (χ0n) is 11.1. The van der Waals surface area contributed by atoms with Crippen LogP contribution < -0.4 is 10.7 Å². The topological polar surface area (TPSA) is 49.6 Å². The van der Waals surface area contributed by atoms with E-state index in [-0.39, 0.29) is 0 Å². The normalized spacial score (nSPS) is 11.2. The molecule has 0 saturated carbocycles. The van der Waals surface area contributed by atoms with E-state index in [0.29, 0.717) is 21.6 Å². The number of nitrogens with one attached hydrogen (secondary N) is 2. The molecular weight excluding hydrogens is 294 g/mol. The lowest BCUT2D eigenvalue weighted by Crippen LogP contribution is -2.25. The maximum absolute atomic E-state index is 6.05. The molecule has 0 radical (unpaired) electrons. The van der Waals surface area contributed by atoms with Crippen LogP contribution in [0.2, 0.25) is 5.02 Å². The molecule has 0 bridgehead atoms. The van der Waals surface area contributed by atoms with Gasteiger partial charge in [0.05, 0.1) is 6.26 Å². The van der Waals surface area contributed by atoms with Crippen LogP contribution in [0, 0.1) is 6.92 Å². The van der Waals surface area contributed by atoms with Gasteiger partial charge in [-0.3, -0.25) is 5.43 Å². The third-order valence-electron chi connectivity index (χ3n) is 2.72. The second-order valence-corrected chi connectivity index (χ2v) is 4.97. The average molecular weight is 308 g/mol. The van der Waals surface area contributed by atoms with Crippen molar-refractivity contribution in [3.8, 4) is 0 Å². The van der Waals surface area contributed by atoms with Gasteiger partial charge in [0.1, 0.15) is 11.5 Å². The van der Waals surface area contributed by atoms with Crippen molar-refractivity contribution in [2.75, 3.05) is 5.32 Å². The highest BCUT2D eigenvalue weighted by molar-refractivity contribution is 7.80. The quantitative estimate of drug-likeness (QED) is 0.512. The van der Waals surface area contributed by atoms with Crippen LogP contribution >= 0.6 is 23.8 Å². The molecule has 0 atom stereocenters. The lowest BCUT2D eigenvalue weighted by molar-refractivity contribution is 0.556. The summed E-state index contributed by atoms with van der Waals surface area (Å²) in [6, 6.07) is 9.23. The fourth-order valence-electron chi connectivity index (χ4n) is 1.57. The maximum Gasteiger partial charge on any atom is 0.191 e. The van der Waals surface area contributed by atoms with E-state index in [2.05, 4.69) is 15.8 Å². The van der Waals surface area contributed by atoms with Crippen LogP contribution in [0.15, 0.2) is 46.1 Å². The first kappa shape index (κ1) is 14.6. The van der Waals surface area contributed by atoms with Crippen molar-refractivity contribution >= 4 is 40.3 Å². The highest BCUT2D eigenvalue weighted by Gasteiger charge is 2.04. The molecule has 0 saturated heterocycles. The summed E-state index contributed by atoms with van der Waals surface area (Å²) in [6.45, 7) is 3.75. The van der Waals surface area contributed by atoms with Gasteiger partial charge in [-0.15, -0.1) is 0 Å². The van der Waals surface area contributed by atoms with Gasteiger partial charge in [-0.25, -0.2) is 0 Å². The highest BCUT2D eigenvalue weighted by atomic mass is 35.5. The van der Waals surface area contributed by atoms with Gasteiger partial charge in [0.2, 0.25) is 0 Å². The van der Waals surface area contributed by atoms with Gasteiger partial charge in [0.25, 0.3) is 0 Å². The number of furan rings is 1. The molecular formula is C14H14ClN3OS. The van der Waals surface area contributed by atoms with Gasteiger partial charge < -0.3 is 9.73 Å². The van der Waals surface area contributed by atoms with E-state index >= 15 is 0 Å². The molecule has 4 nitrogen and oxygen atoms in total. The minimum Gasteiger partial charge on any atom is -0.463 e. The van der Waals surface area contributed by atoms with E-state index in [1.807, 2.05) is 38.1 Å². The smallest absolute Gasteiger partial charge is 0.191 e. The fraction of sp³-hybridized carbons (Fsp3) is 0.143. The zero-order valence-corrected chi connectivity index (χ0v) is 12.7. The van der Waals surface area contributed by atoms with Crippen molar-refractivity contribution in [2.24, 2.45) is 5.10 Å². The van der Waals surface area contributed by atoms with Gasteiger partial charge in [0, 0.05) is 10.7 Å². The summed E-state index contributed by atoms with van der Waals surface area (Å²) in [7, 11) is 0. The molecule has 2 rings (SSSR count). The van der Waals surface area contributed by atoms with E-state index in [9.17, 15) is 0 Å². The van der Waals surface area contributed by atoms with Crippen LogP contribution in [0.1, 0.15) is 18.2 Å². The van der Waals surface area contributed by atoms with Crippen molar-refractivity contribution < 1.29 is 4.42 Å². The minimum absolute atomic E-state index is 0.390. The molecule has 6 heteroatoms. The number of halogens is 1. The first-order valence-electron chi connectivity index (χ1n) is 5.98. The fourth-order valence-corrected chi connectivity index (χ4v) is 1.90. The van der Waals surface area contributed by atoms with E-state index in [4.69, 9.17) is 28.2 Å². The predicted molar refractivity (Wildman–Crippen MR) is 86.5 cm³/mol. The van der Waals surface area contributed by atoms with E-state index in [1.165, 1.54) is 0 Å². The molecule has 0 aliphatic carbocycles. The van der Waals surface area contributed by atoms with Crippen LogP contribution in [-0.2, 0) is 0 Å². The first-order chi connectivity index (χ1) is 9.58. The Labute approximate surface area is 127 Å². The molecule has 1 aromatic heterocycles. The van der Waals surface area contributed by atoms with Gasteiger partial charge in [0.15, 0.2) is 5.11 Å². The Bertz CT molecular complexity index is 638. The molecule has 0 aliphatic rings. The van der Waals surface area contributed by atoms with Crippen molar-refractivity contribution in [2.45, 2.75) is 13.8 Å². The van der Waals surface area contributed by atoms with Crippen LogP contribution in [0.3, 0.4) is 0 Å². The Hall–Kier alpha value is -1.85. The summed E-state index contributed by atoms with van der Waals surface area (Å²) in [5.41, 5.74) is 5.26. The van der Waals surface area contributed by atoms with E-state index in [1.54, 1.807) is 12.3 Å². The Kier molecular flexibility index (Phi) is 4.76. The monoisotopic (exact) mass is 307 g/mol. The number of hydrogen-bond acceptors (Lipinski definition) is 3. The third-order valence-corrected chi connectivity index (χ3v) is 3.32. The van der Waals surface area contributed by atoms with Crippen LogP contribution in [0.25, 0.3) is 0 Å². The van der Waals surface area contributed by atoms with Crippen molar-refractivity contribution in [3.05, 3.63) is 52.9 Å². The molecule has 2 N–H and O–H groups in total. The second-order valence-electron chi connectivity index (χ2n) is 4.15. The van der Waals surface area contributed by atoms with Crippen molar-refractivity contribution in [1.29, 1.82) is 0 Å². The molecule has 0 amide bonds. The van der Waals surface area contributed by atoms with Gasteiger partial charge in [-0.1, -0.05) is 17.7 Å². The standard InChI is InChI=1S/C14H14ClN3OS/c1-9-11(15)5-3-6-12(9)16-14(20)18-17-10(2)13-7-4-8-19-13/h3-8H,1-2H3,(H2,16,18,20)/b17-10-. The number of benzene rings is 1. The molecule has 1 heterocycles. The van der Waals surface area contributed by atoms with Crippen LogP contribution in [0.5, 0.6) is 0 Å². The van der Waals surface area contributed by atoms with E-state index in [0.717, 1.165) is 11.3 Å². The molecule has 20 heavy (non-hydrogen) atoms. The SMILES string of the molecule is C/C(=N/NC(=S)Nc1cccc(Cl)c1C)c1ccco1. The summed E-state index contributed by atoms with van der Waals surface area (Å²) in [5, 5.41) is 8.28.